The molecule has 2 rings (SSSR count). The number of esters is 1. The quantitative estimate of drug-likeness (QED) is 0.794. The summed E-state index contributed by atoms with van der Waals surface area (Å²) in [5, 5.41) is 5.00. The first-order valence-corrected chi connectivity index (χ1v) is 7.89. The number of hydrogen-bond acceptors (Lipinski definition) is 4. The SMILES string of the molecule is CC(=O)CCC(=O)OCC(=O)NC(C)c1cccc2ccccc12. The minimum atomic E-state index is -0.543. The van der Waals surface area contributed by atoms with E-state index < -0.39 is 5.97 Å². The number of benzene rings is 2. The fourth-order valence-corrected chi connectivity index (χ4v) is 2.49. The first-order valence-electron chi connectivity index (χ1n) is 7.89. The third-order valence-corrected chi connectivity index (χ3v) is 3.71. The summed E-state index contributed by atoms with van der Waals surface area (Å²) in [4.78, 5) is 34.2. The molecule has 1 atom stereocenters. The number of Topliss-reactive ketones (excluding diaryl/α,β-unsaturated/α-hetero) is 1. The second-order valence-electron chi connectivity index (χ2n) is 5.72. The van der Waals surface area contributed by atoms with Gasteiger partial charge >= 0.3 is 5.97 Å². The summed E-state index contributed by atoms with van der Waals surface area (Å²) in [5.74, 6) is -0.995. The van der Waals surface area contributed by atoms with Crippen molar-refractivity contribution in [1.29, 1.82) is 0 Å². The molecule has 24 heavy (non-hydrogen) atoms. The topological polar surface area (TPSA) is 72.5 Å². The molecule has 0 saturated carbocycles. The highest BCUT2D eigenvalue weighted by Gasteiger charge is 2.14. The number of carbonyl (C=O) groups excluding carboxylic acids is 3. The number of ether oxygens (including phenoxy) is 1. The molecular weight excluding hydrogens is 306 g/mol. The van der Waals surface area contributed by atoms with Gasteiger partial charge < -0.3 is 14.8 Å². The van der Waals surface area contributed by atoms with Crippen LogP contribution in [0.4, 0.5) is 0 Å². The summed E-state index contributed by atoms with van der Waals surface area (Å²) in [6, 6.07) is 13.7. The van der Waals surface area contributed by atoms with Crippen LogP contribution in [0.3, 0.4) is 0 Å². The van der Waals surface area contributed by atoms with Gasteiger partial charge in [-0.1, -0.05) is 42.5 Å². The molecule has 5 nitrogen and oxygen atoms in total. The van der Waals surface area contributed by atoms with E-state index >= 15 is 0 Å². The molecule has 1 N–H and O–H groups in total. The standard InChI is InChI=1S/C19H21NO4/c1-13(21)10-11-19(23)24-12-18(22)20-14(2)16-9-5-7-15-6-3-4-8-17(15)16/h3-9,14H,10-12H2,1-2H3,(H,20,22). The van der Waals surface area contributed by atoms with Gasteiger partial charge in [-0.2, -0.15) is 0 Å². The van der Waals surface area contributed by atoms with Gasteiger partial charge in [0, 0.05) is 6.42 Å². The zero-order chi connectivity index (χ0) is 17.5. The molecule has 2 aromatic rings. The third-order valence-electron chi connectivity index (χ3n) is 3.71. The molecule has 5 heteroatoms. The Morgan fingerprint density at radius 2 is 1.75 bits per heavy atom. The van der Waals surface area contributed by atoms with Crippen molar-refractivity contribution in [2.24, 2.45) is 0 Å². The number of fused-ring (bicyclic) bond motifs is 1. The molecule has 0 spiro atoms. The molecule has 0 aliphatic carbocycles. The van der Waals surface area contributed by atoms with Crippen LogP contribution in [-0.4, -0.2) is 24.3 Å². The maximum absolute atomic E-state index is 12.0. The number of rotatable bonds is 7. The number of ketones is 1. The van der Waals surface area contributed by atoms with E-state index in [2.05, 4.69) is 5.32 Å². The highest BCUT2D eigenvalue weighted by Crippen LogP contribution is 2.23. The summed E-state index contributed by atoms with van der Waals surface area (Å²) in [6.45, 7) is 2.95. The van der Waals surface area contributed by atoms with Crippen LogP contribution in [0.2, 0.25) is 0 Å². The van der Waals surface area contributed by atoms with Crippen molar-refractivity contribution >= 4 is 28.4 Å². The van der Waals surface area contributed by atoms with E-state index in [9.17, 15) is 14.4 Å². The molecule has 1 amide bonds. The van der Waals surface area contributed by atoms with Gasteiger partial charge in [-0.3, -0.25) is 9.59 Å². The second-order valence-corrected chi connectivity index (χ2v) is 5.72. The molecule has 0 saturated heterocycles. The Hall–Kier alpha value is -2.69. The fraction of sp³-hybridized carbons (Fsp3) is 0.316. The van der Waals surface area contributed by atoms with Crippen LogP contribution in [-0.2, 0) is 19.1 Å². The molecule has 2 aromatic carbocycles. The number of hydrogen-bond donors (Lipinski definition) is 1. The lowest BCUT2D eigenvalue weighted by molar-refractivity contribution is -0.149. The van der Waals surface area contributed by atoms with Crippen molar-refractivity contribution in [1.82, 2.24) is 5.32 Å². The van der Waals surface area contributed by atoms with Crippen LogP contribution < -0.4 is 5.32 Å². The van der Waals surface area contributed by atoms with Crippen molar-refractivity contribution in [3.8, 4) is 0 Å². The van der Waals surface area contributed by atoms with Crippen LogP contribution in [0.1, 0.15) is 38.3 Å². The molecule has 0 aliphatic heterocycles. The van der Waals surface area contributed by atoms with Crippen LogP contribution in [0, 0.1) is 0 Å². The molecule has 126 valence electrons. The van der Waals surface area contributed by atoms with Gasteiger partial charge in [0.05, 0.1) is 12.5 Å². The Kier molecular flexibility index (Phi) is 6.07. The predicted octanol–water partition coefficient (Wildman–Crippen LogP) is 2.93. The number of carbonyl (C=O) groups is 3. The monoisotopic (exact) mass is 327 g/mol. The molecule has 0 heterocycles. The first-order chi connectivity index (χ1) is 11.5. The van der Waals surface area contributed by atoms with Crippen LogP contribution in [0.25, 0.3) is 10.8 Å². The molecular formula is C19H21NO4. The van der Waals surface area contributed by atoms with E-state index in [4.69, 9.17) is 4.74 Å². The van der Waals surface area contributed by atoms with Crippen molar-refractivity contribution in [2.75, 3.05) is 6.61 Å². The van der Waals surface area contributed by atoms with Crippen molar-refractivity contribution in [3.63, 3.8) is 0 Å². The first kappa shape index (κ1) is 17.7. The smallest absolute Gasteiger partial charge is 0.306 e. The van der Waals surface area contributed by atoms with Gasteiger partial charge in [0.2, 0.25) is 0 Å². The van der Waals surface area contributed by atoms with E-state index in [-0.39, 0.29) is 37.2 Å². The van der Waals surface area contributed by atoms with Gasteiger partial charge in [-0.25, -0.2) is 0 Å². The maximum atomic E-state index is 12.0. The highest BCUT2D eigenvalue weighted by molar-refractivity contribution is 5.87. The van der Waals surface area contributed by atoms with E-state index in [1.165, 1.54) is 6.92 Å². The van der Waals surface area contributed by atoms with Crippen molar-refractivity contribution in [3.05, 3.63) is 48.0 Å². The van der Waals surface area contributed by atoms with Gasteiger partial charge in [0.25, 0.3) is 5.91 Å². The highest BCUT2D eigenvalue weighted by atomic mass is 16.5. The lowest BCUT2D eigenvalue weighted by atomic mass is 10.00. The van der Waals surface area contributed by atoms with Gasteiger partial charge in [-0.05, 0) is 30.2 Å². The predicted molar refractivity (Wildman–Crippen MR) is 91.4 cm³/mol. The van der Waals surface area contributed by atoms with E-state index in [1.807, 2.05) is 49.4 Å². The molecule has 0 fully saturated rings. The zero-order valence-corrected chi connectivity index (χ0v) is 13.9. The van der Waals surface area contributed by atoms with E-state index in [0.29, 0.717) is 0 Å². The Labute approximate surface area is 141 Å². The lowest BCUT2D eigenvalue weighted by Gasteiger charge is -2.16. The van der Waals surface area contributed by atoms with E-state index in [1.54, 1.807) is 0 Å². The normalized spacial score (nSPS) is 11.8. The van der Waals surface area contributed by atoms with Gasteiger partial charge in [0.15, 0.2) is 6.61 Å². The van der Waals surface area contributed by atoms with E-state index in [0.717, 1.165) is 16.3 Å². The number of amides is 1. The fourth-order valence-electron chi connectivity index (χ4n) is 2.49. The van der Waals surface area contributed by atoms with Gasteiger partial charge in [0.1, 0.15) is 5.78 Å². The molecule has 0 bridgehead atoms. The van der Waals surface area contributed by atoms with Gasteiger partial charge in [-0.15, -0.1) is 0 Å². The van der Waals surface area contributed by atoms with Crippen LogP contribution in [0.15, 0.2) is 42.5 Å². The summed E-state index contributed by atoms with van der Waals surface area (Å²) in [5.41, 5.74) is 1.00. The summed E-state index contributed by atoms with van der Waals surface area (Å²) >= 11 is 0. The minimum absolute atomic E-state index is 0.00148. The van der Waals surface area contributed by atoms with Crippen molar-refractivity contribution in [2.45, 2.75) is 32.7 Å². The summed E-state index contributed by atoms with van der Waals surface area (Å²) in [6.07, 6.45) is 0.133. The Bertz CT molecular complexity index is 749. The van der Waals surface area contributed by atoms with Crippen LogP contribution in [0.5, 0.6) is 0 Å². The Balaban J connectivity index is 1.91. The molecule has 1 unspecified atom stereocenters. The maximum Gasteiger partial charge on any atom is 0.306 e. The second kappa shape index (κ2) is 8.24. The van der Waals surface area contributed by atoms with Crippen LogP contribution >= 0.6 is 0 Å². The largest absolute Gasteiger partial charge is 0.456 e. The minimum Gasteiger partial charge on any atom is -0.456 e. The third kappa shape index (κ3) is 4.91. The Morgan fingerprint density at radius 1 is 1.04 bits per heavy atom. The molecule has 0 aromatic heterocycles. The summed E-state index contributed by atoms with van der Waals surface area (Å²) in [7, 11) is 0. The average molecular weight is 327 g/mol. The Morgan fingerprint density at radius 3 is 2.50 bits per heavy atom. The summed E-state index contributed by atoms with van der Waals surface area (Å²) < 4.78 is 4.88. The average Bonchev–Trinajstić information content (AvgIpc) is 2.57. The zero-order valence-electron chi connectivity index (χ0n) is 13.9. The molecule has 0 radical (unpaired) electrons. The number of nitrogens with one attached hydrogen (secondary N) is 1. The van der Waals surface area contributed by atoms with Crippen molar-refractivity contribution < 1.29 is 19.1 Å². The molecule has 0 aliphatic rings. The lowest BCUT2D eigenvalue weighted by Crippen LogP contribution is -2.31.